The Labute approximate surface area is 141 Å². The molecule has 0 spiro atoms. The summed E-state index contributed by atoms with van der Waals surface area (Å²) in [5.41, 5.74) is 2.61. The minimum Gasteiger partial charge on any atom is -0.493 e. The second kappa shape index (κ2) is 7.46. The van der Waals surface area contributed by atoms with E-state index in [1.807, 2.05) is 32.0 Å². The first kappa shape index (κ1) is 18.0. The minimum atomic E-state index is -3.73. The maximum Gasteiger partial charge on any atom is 0.238 e. The summed E-state index contributed by atoms with van der Waals surface area (Å²) in [6, 6.07) is 11.6. The maximum absolute atomic E-state index is 11.9. The third kappa shape index (κ3) is 5.07. The van der Waals surface area contributed by atoms with E-state index in [4.69, 9.17) is 9.88 Å². The smallest absolute Gasteiger partial charge is 0.238 e. The Morgan fingerprint density at radius 3 is 2.42 bits per heavy atom. The number of aryl methyl sites for hydroxylation is 2. The molecule has 0 aromatic heterocycles. The first-order chi connectivity index (χ1) is 11.3. The van der Waals surface area contributed by atoms with Gasteiger partial charge in [-0.3, -0.25) is 4.79 Å². The molecule has 0 saturated heterocycles. The van der Waals surface area contributed by atoms with Crippen molar-refractivity contribution in [3.63, 3.8) is 0 Å². The Bertz CT molecular complexity index is 830. The molecule has 0 aliphatic heterocycles. The van der Waals surface area contributed by atoms with Crippen molar-refractivity contribution in [2.75, 3.05) is 11.9 Å². The van der Waals surface area contributed by atoms with Gasteiger partial charge in [0.25, 0.3) is 0 Å². The molecule has 7 heteroatoms. The summed E-state index contributed by atoms with van der Waals surface area (Å²) in [5, 5.41) is 7.70. The van der Waals surface area contributed by atoms with E-state index >= 15 is 0 Å². The van der Waals surface area contributed by atoms with Gasteiger partial charge in [-0.2, -0.15) is 0 Å². The summed E-state index contributed by atoms with van der Waals surface area (Å²) in [7, 11) is -3.73. The number of rotatable bonds is 6. The predicted molar refractivity (Wildman–Crippen MR) is 92.5 cm³/mol. The van der Waals surface area contributed by atoms with Gasteiger partial charge in [0.15, 0.2) is 0 Å². The third-order valence-electron chi connectivity index (χ3n) is 3.40. The van der Waals surface area contributed by atoms with Gasteiger partial charge in [0.1, 0.15) is 5.75 Å². The molecule has 2 aromatic rings. The van der Waals surface area contributed by atoms with Crippen LogP contribution >= 0.6 is 0 Å². The summed E-state index contributed by atoms with van der Waals surface area (Å²) in [5.74, 6) is 0.545. The van der Waals surface area contributed by atoms with Gasteiger partial charge in [-0.25, -0.2) is 13.6 Å². The summed E-state index contributed by atoms with van der Waals surface area (Å²) in [6.07, 6.45) is 0.185. The number of ether oxygens (including phenoxy) is 1. The van der Waals surface area contributed by atoms with Crippen molar-refractivity contribution in [1.29, 1.82) is 0 Å². The van der Waals surface area contributed by atoms with E-state index in [-0.39, 0.29) is 23.8 Å². The van der Waals surface area contributed by atoms with Crippen LogP contribution in [0.2, 0.25) is 0 Å². The number of nitrogens with two attached hydrogens (primary N) is 1. The van der Waals surface area contributed by atoms with E-state index in [0.29, 0.717) is 5.69 Å². The first-order valence-electron chi connectivity index (χ1n) is 7.38. The zero-order chi connectivity index (χ0) is 17.7. The second-order valence-corrected chi connectivity index (χ2v) is 7.05. The van der Waals surface area contributed by atoms with Crippen LogP contribution in [0, 0.1) is 13.8 Å². The highest BCUT2D eigenvalue weighted by Crippen LogP contribution is 2.19. The van der Waals surface area contributed by atoms with E-state index in [1.54, 1.807) is 0 Å². The van der Waals surface area contributed by atoms with Crippen LogP contribution in [0.5, 0.6) is 5.75 Å². The second-order valence-electron chi connectivity index (χ2n) is 5.48. The molecule has 0 aliphatic carbocycles. The highest BCUT2D eigenvalue weighted by molar-refractivity contribution is 7.89. The van der Waals surface area contributed by atoms with Crippen molar-refractivity contribution >= 4 is 21.6 Å². The molecule has 0 atom stereocenters. The number of amides is 1. The van der Waals surface area contributed by atoms with Crippen molar-refractivity contribution in [3.05, 3.63) is 53.6 Å². The molecule has 0 bridgehead atoms. The number of primary sulfonamides is 1. The highest BCUT2D eigenvalue weighted by Gasteiger charge is 2.08. The maximum atomic E-state index is 11.9. The SMILES string of the molecule is Cc1ccc(C)c(OCCC(=O)Nc2ccc(S(N)(=O)=O)cc2)c1. The topological polar surface area (TPSA) is 98.5 Å². The minimum absolute atomic E-state index is 0.00115. The molecular formula is C17H20N2O4S. The van der Waals surface area contributed by atoms with Crippen LogP contribution in [0.25, 0.3) is 0 Å². The molecule has 0 aliphatic rings. The van der Waals surface area contributed by atoms with Crippen molar-refractivity contribution in [2.24, 2.45) is 5.14 Å². The molecular weight excluding hydrogens is 328 g/mol. The van der Waals surface area contributed by atoms with Gasteiger partial charge >= 0.3 is 0 Å². The van der Waals surface area contributed by atoms with Gasteiger partial charge in [-0.15, -0.1) is 0 Å². The van der Waals surface area contributed by atoms with Gasteiger partial charge in [0, 0.05) is 5.69 Å². The van der Waals surface area contributed by atoms with E-state index in [0.717, 1.165) is 16.9 Å². The van der Waals surface area contributed by atoms with Crippen LogP contribution in [0.3, 0.4) is 0 Å². The average molecular weight is 348 g/mol. The van der Waals surface area contributed by atoms with Crippen LogP contribution in [0.4, 0.5) is 5.69 Å². The lowest BCUT2D eigenvalue weighted by molar-refractivity contribution is -0.116. The normalized spacial score (nSPS) is 11.1. The number of carbonyl (C=O) groups is 1. The van der Waals surface area contributed by atoms with Gasteiger partial charge in [0.2, 0.25) is 15.9 Å². The monoisotopic (exact) mass is 348 g/mol. The molecule has 6 nitrogen and oxygen atoms in total. The molecule has 0 saturated carbocycles. The molecule has 0 fully saturated rings. The Balaban J connectivity index is 1.86. The van der Waals surface area contributed by atoms with E-state index in [2.05, 4.69) is 5.32 Å². The van der Waals surface area contributed by atoms with Crippen LogP contribution in [0.1, 0.15) is 17.5 Å². The summed E-state index contributed by atoms with van der Waals surface area (Å²) < 4.78 is 28.0. The largest absolute Gasteiger partial charge is 0.493 e. The van der Waals surface area contributed by atoms with Crippen molar-refractivity contribution in [2.45, 2.75) is 25.2 Å². The fraction of sp³-hybridized carbons (Fsp3) is 0.235. The fourth-order valence-electron chi connectivity index (χ4n) is 2.07. The third-order valence-corrected chi connectivity index (χ3v) is 4.33. The first-order valence-corrected chi connectivity index (χ1v) is 8.93. The summed E-state index contributed by atoms with van der Waals surface area (Å²) >= 11 is 0. The number of carbonyl (C=O) groups excluding carboxylic acids is 1. The van der Waals surface area contributed by atoms with Crippen LogP contribution in [0.15, 0.2) is 47.4 Å². The van der Waals surface area contributed by atoms with Crippen molar-refractivity contribution < 1.29 is 17.9 Å². The Morgan fingerprint density at radius 2 is 1.79 bits per heavy atom. The van der Waals surface area contributed by atoms with E-state index in [1.165, 1.54) is 24.3 Å². The molecule has 0 unspecified atom stereocenters. The lowest BCUT2D eigenvalue weighted by Gasteiger charge is -2.10. The van der Waals surface area contributed by atoms with Gasteiger partial charge in [-0.1, -0.05) is 12.1 Å². The molecule has 2 aromatic carbocycles. The summed E-state index contributed by atoms with van der Waals surface area (Å²) in [4.78, 5) is 11.9. The Morgan fingerprint density at radius 1 is 1.12 bits per heavy atom. The van der Waals surface area contributed by atoms with Crippen molar-refractivity contribution in [3.8, 4) is 5.75 Å². The molecule has 24 heavy (non-hydrogen) atoms. The van der Waals surface area contributed by atoms with Crippen molar-refractivity contribution in [1.82, 2.24) is 0 Å². The lowest BCUT2D eigenvalue weighted by atomic mass is 10.1. The van der Waals surface area contributed by atoms with Gasteiger partial charge in [-0.05, 0) is 55.3 Å². The van der Waals surface area contributed by atoms with Gasteiger partial charge < -0.3 is 10.1 Å². The van der Waals surface area contributed by atoms with E-state index < -0.39 is 10.0 Å². The number of nitrogens with one attached hydrogen (secondary N) is 1. The fourth-order valence-corrected chi connectivity index (χ4v) is 2.58. The zero-order valence-electron chi connectivity index (χ0n) is 13.6. The number of sulfonamides is 1. The van der Waals surface area contributed by atoms with Crippen LogP contribution < -0.4 is 15.2 Å². The zero-order valence-corrected chi connectivity index (χ0v) is 14.4. The highest BCUT2D eigenvalue weighted by atomic mass is 32.2. The molecule has 3 N–H and O–H groups in total. The average Bonchev–Trinajstić information content (AvgIpc) is 2.50. The molecule has 128 valence electrons. The Hall–Kier alpha value is -2.38. The molecule has 0 radical (unpaired) electrons. The quantitative estimate of drug-likeness (QED) is 0.837. The number of hydrogen-bond donors (Lipinski definition) is 2. The predicted octanol–water partition coefficient (Wildman–Crippen LogP) is 2.36. The number of anilines is 1. The Kier molecular flexibility index (Phi) is 5.58. The number of benzene rings is 2. The lowest BCUT2D eigenvalue weighted by Crippen LogP contribution is -2.16. The van der Waals surface area contributed by atoms with Crippen LogP contribution in [-0.2, 0) is 14.8 Å². The van der Waals surface area contributed by atoms with Gasteiger partial charge in [0.05, 0.1) is 17.9 Å². The molecule has 0 heterocycles. The van der Waals surface area contributed by atoms with E-state index in [9.17, 15) is 13.2 Å². The summed E-state index contributed by atoms with van der Waals surface area (Å²) in [6.45, 7) is 4.18. The van der Waals surface area contributed by atoms with Crippen LogP contribution in [-0.4, -0.2) is 20.9 Å². The number of hydrogen-bond acceptors (Lipinski definition) is 4. The standard InChI is InChI=1S/C17H20N2O4S/c1-12-3-4-13(2)16(11-12)23-10-9-17(20)19-14-5-7-15(8-6-14)24(18,21)22/h3-8,11H,9-10H2,1-2H3,(H,19,20)(H2,18,21,22). The molecule has 1 amide bonds. The molecule has 2 rings (SSSR count).